The lowest BCUT2D eigenvalue weighted by molar-refractivity contribution is -0.000706. The zero-order chi connectivity index (χ0) is 19.8. The molecule has 1 unspecified atom stereocenters. The van der Waals surface area contributed by atoms with Crippen LogP contribution in [-0.2, 0) is 0 Å². The molecule has 0 bridgehead atoms. The minimum atomic E-state index is -0.0345. The lowest BCUT2D eigenvalue weighted by Gasteiger charge is -2.53. The van der Waals surface area contributed by atoms with Crippen molar-refractivity contribution in [3.8, 4) is 0 Å². The third-order valence-corrected chi connectivity index (χ3v) is 8.31. The van der Waals surface area contributed by atoms with Crippen molar-refractivity contribution in [1.29, 1.82) is 0 Å². The predicted octanol–water partition coefficient (Wildman–Crippen LogP) is 3.46. The van der Waals surface area contributed by atoms with E-state index in [9.17, 15) is 4.39 Å². The second-order valence-electron chi connectivity index (χ2n) is 10.2. The summed E-state index contributed by atoms with van der Waals surface area (Å²) in [6.45, 7) is 6.48. The predicted molar refractivity (Wildman–Crippen MR) is 117 cm³/mol. The lowest BCUT2D eigenvalue weighted by atomic mass is 9.60. The quantitative estimate of drug-likeness (QED) is 0.816. The zero-order valence-corrected chi connectivity index (χ0v) is 17.7. The highest BCUT2D eigenvalue weighted by molar-refractivity contribution is 5.50. The molecular formula is C24H37FN4. The summed E-state index contributed by atoms with van der Waals surface area (Å²) in [6.07, 6.45) is 9.80. The van der Waals surface area contributed by atoms with Gasteiger partial charge in [-0.3, -0.25) is 0 Å². The molecule has 3 aliphatic heterocycles. The molecule has 1 aromatic carbocycles. The smallest absolute Gasteiger partial charge is 0.146 e. The van der Waals surface area contributed by atoms with Crippen LogP contribution in [0.5, 0.6) is 0 Å². The Morgan fingerprint density at radius 1 is 1.03 bits per heavy atom. The number of nitrogens with zero attached hydrogens (tertiary/aromatic N) is 2. The van der Waals surface area contributed by atoms with Gasteiger partial charge in [0.25, 0.3) is 0 Å². The number of anilines is 1. The summed E-state index contributed by atoms with van der Waals surface area (Å²) in [7, 11) is 0. The van der Waals surface area contributed by atoms with Gasteiger partial charge in [0.2, 0.25) is 0 Å². The molecule has 0 amide bonds. The van der Waals surface area contributed by atoms with Crippen molar-refractivity contribution in [1.82, 2.24) is 10.2 Å². The van der Waals surface area contributed by atoms with E-state index < -0.39 is 0 Å². The van der Waals surface area contributed by atoms with Gasteiger partial charge in [-0.05, 0) is 100 Å². The van der Waals surface area contributed by atoms with E-state index in [4.69, 9.17) is 5.73 Å². The van der Waals surface area contributed by atoms with Crippen LogP contribution in [0.3, 0.4) is 0 Å². The molecule has 1 aliphatic carbocycles. The second-order valence-corrected chi connectivity index (χ2v) is 10.2. The number of hydrogen-bond donors (Lipinski definition) is 2. The molecular weight excluding hydrogens is 363 g/mol. The standard InChI is InChI=1S/C24H37FN4/c25-22-14-18(19-2-1-9-27-17-19)3-4-23(22)29-10-5-21(6-11-29)28-12-7-24(8-13-28)15-20(26)16-24/h3-4,14,19-21,27H,1-2,5-13,15-17,26H2. The summed E-state index contributed by atoms with van der Waals surface area (Å²) in [4.78, 5) is 4.98. The van der Waals surface area contributed by atoms with Gasteiger partial charge < -0.3 is 20.9 Å². The summed E-state index contributed by atoms with van der Waals surface area (Å²) >= 11 is 0. The van der Waals surface area contributed by atoms with Crippen LogP contribution in [0.4, 0.5) is 10.1 Å². The number of hydrogen-bond acceptors (Lipinski definition) is 4. The molecule has 1 spiro atoms. The maximum atomic E-state index is 14.9. The van der Waals surface area contributed by atoms with Crippen molar-refractivity contribution in [3.05, 3.63) is 29.6 Å². The van der Waals surface area contributed by atoms with Crippen molar-refractivity contribution in [2.75, 3.05) is 44.2 Å². The van der Waals surface area contributed by atoms with E-state index >= 15 is 0 Å². The second kappa shape index (κ2) is 8.16. The molecule has 4 aliphatic rings. The third-order valence-electron chi connectivity index (χ3n) is 8.31. The first kappa shape index (κ1) is 19.8. The van der Waals surface area contributed by atoms with Crippen molar-refractivity contribution in [2.24, 2.45) is 11.1 Å². The van der Waals surface area contributed by atoms with Crippen molar-refractivity contribution in [2.45, 2.75) is 69.4 Å². The van der Waals surface area contributed by atoms with Crippen LogP contribution >= 0.6 is 0 Å². The number of rotatable bonds is 3. The van der Waals surface area contributed by atoms with Gasteiger partial charge in [-0.1, -0.05) is 6.07 Å². The molecule has 3 saturated heterocycles. The Morgan fingerprint density at radius 3 is 2.41 bits per heavy atom. The maximum absolute atomic E-state index is 14.9. The number of nitrogens with two attached hydrogens (primary N) is 1. The molecule has 0 radical (unpaired) electrons. The minimum absolute atomic E-state index is 0.0345. The van der Waals surface area contributed by atoms with Gasteiger partial charge in [0.1, 0.15) is 5.82 Å². The van der Waals surface area contributed by atoms with Crippen molar-refractivity contribution in [3.63, 3.8) is 0 Å². The van der Waals surface area contributed by atoms with Gasteiger partial charge in [-0.2, -0.15) is 0 Å². The van der Waals surface area contributed by atoms with E-state index in [1.54, 1.807) is 6.07 Å². The first-order valence-corrected chi connectivity index (χ1v) is 11.9. The van der Waals surface area contributed by atoms with E-state index in [1.807, 2.05) is 6.07 Å². The zero-order valence-electron chi connectivity index (χ0n) is 17.7. The van der Waals surface area contributed by atoms with Crippen molar-refractivity contribution >= 4 is 5.69 Å². The maximum Gasteiger partial charge on any atom is 0.146 e. The van der Waals surface area contributed by atoms with Crippen LogP contribution in [-0.4, -0.2) is 56.3 Å². The van der Waals surface area contributed by atoms with Gasteiger partial charge in [0, 0.05) is 31.7 Å². The van der Waals surface area contributed by atoms with Crippen LogP contribution in [0.1, 0.15) is 62.8 Å². The molecule has 3 N–H and O–H groups in total. The van der Waals surface area contributed by atoms with Crippen LogP contribution in [0.25, 0.3) is 0 Å². The molecule has 1 saturated carbocycles. The van der Waals surface area contributed by atoms with Gasteiger partial charge in [0.15, 0.2) is 0 Å². The van der Waals surface area contributed by atoms with Gasteiger partial charge in [0.05, 0.1) is 5.69 Å². The Kier molecular flexibility index (Phi) is 5.57. The summed E-state index contributed by atoms with van der Waals surface area (Å²) in [5, 5.41) is 3.44. The normalized spacial score (nSPS) is 29.2. The third kappa shape index (κ3) is 4.06. The number of benzene rings is 1. The highest BCUT2D eigenvalue weighted by Crippen LogP contribution is 2.48. The Balaban J connectivity index is 1.15. The Labute approximate surface area is 175 Å². The van der Waals surface area contributed by atoms with Crippen LogP contribution < -0.4 is 16.0 Å². The monoisotopic (exact) mass is 400 g/mol. The largest absolute Gasteiger partial charge is 0.369 e. The molecule has 5 rings (SSSR count). The number of piperidine rings is 3. The summed E-state index contributed by atoms with van der Waals surface area (Å²) in [5.41, 5.74) is 8.58. The fraction of sp³-hybridized carbons (Fsp3) is 0.750. The SMILES string of the molecule is NC1CC2(CCN(C3CCN(c4ccc(C5CCCNC5)cc4F)CC3)CC2)C1. The minimum Gasteiger partial charge on any atom is -0.369 e. The molecule has 1 aromatic rings. The molecule has 29 heavy (non-hydrogen) atoms. The van der Waals surface area contributed by atoms with E-state index in [0.717, 1.165) is 50.3 Å². The summed E-state index contributed by atoms with van der Waals surface area (Å²) < 4.78 is 14.9. The van der Waals surface area contributed by atoms with E-state index in [0.29, 0.717) is 23.4 Å². The van der Waals surface area contributed by atoms with E-state index in [-0.39, 0.29) is 5.82 Å². The molecule has 5 heteroatoms. The molecule has 4 nitrogen and oxygen atoms in total. The highest BCUT2D eigenvalue weighted by atomic mass is 19.1. The fourth-order valence-corrected chi connectivity index (χ4v) is 6.47. The molecule has 4 fully saturated rings. The molecule has 0 aromatic heterocycles. The van der Waals surface area contributed by atoms with Gasteiger partial charge in [-0.25, -0.2) is 4.39 Å². The lowest BCUT2D eigenvalue weighted by Crippen LogP contribution is -2.55. The molecule has 160 valence electrons. The first-order valence-electron chi connectivity index (χ1n) is 11.9. The fourth-order valence-electron chi connectivity index (χ4n) is 6.47. The number of nitrogens with one attached hydrogen (secondary N) is 1. The Morgan fingerprint density at radius 2 is 1.79 bits per heavy atom. The number of halogens is 1. The summed E-state index contributed by atoms with van der Waals surface area (Å²) in [5.74, 6) is 0.429. The molecule has 1 atom stereocenters. The Bertz CT molecular complexity index is 693. The van der Waals surface area contributed by atoms with Crippen LogP contribution in [0.15, 0.2) is 18.2 Å². The highest BCUT2D eigenvalue weighted by Gasteiger charge is 2.45. The molecule has 3 heterocycles. The van der Waals surface area contributed by atoms with Crippen LogP contribution in [0, 0.1) is 11.2 Å². The van der Waals surface area contributed by atoms with E-state index in [2.05, 4.69) is 21.2 Å². The average Bonchev–Trinajstić information content (AvgIpc) is 2.74. The topological polar surface area (TPSA) is 44.5 Å². The summed E-state index contributed by atoms with van der Waals surface area (Å²) in [6, 6.07) is 7.13. The van der Waals surface area contributed by atoms with Crippen molar-refractivity contribution < 1.29 is 4.39 Å². The van der Waals surface area contributed by atoms with Gasteiger partial charge in [-0.15, -0.1) is 0 Å². The first-order chi connectivity index (χ1) is 14.1. The number of likely N-dealkylation sites (tertiary alicyclic amines) is 1. The average molecular weight is 401 g/mol. The van der Waals surface area contributed by atoms with Gasteiger partial charge >= 0.3 is 0 Å². The Hall–Kier alpha value is -1.17. The van der Waals surface area contributed by atoms with Crippen LogP contribution in [0.2, 0.25) is 0 Å². The van der Waals surface area contributed by atoms with E-state index in [1.165, 1.54) is 51.6 Å².